The largest absolute Gasteiger partial charge is 0.396 e. The molecule has 2 N–H and O–H groups in total. The first-order chi connectivity index (χ1) is 9.65. The first kappa shape index (κ1) is 14.9. The first-order valence-corrected chi connectivity index (χ1v) is 7.40. The van der Waals surface area contributed by atoms with Gasteiger partial charge in [0.1, 0.15) is 0 Å². The predicted molar refractivity (Wildman–Crippen MR) is 81.1 cm³/mol. The Hall–Kier alpha value is -1.55. The molecular formula is C16H24N2O2. The van der Waals surface area contributed by atoms with Gasteiger partial charge in [-0.25, -0.2) is 0 Å². The molecule has 0 aliphatic carbocycles. The lowest BCUT2D eigenvalue weighted by atomic mass is 9.98. The average Bonchev–Trinajstić information content (AvgIpc) is 2.49. The summed E-state index contributed by atoms with van der Waals surface area (Å²) in [5.74, 6) is 0.309. The SMILES string of the molecule is CCNc1ccc(C(=O)N2CCCC(CO)C2)cc1C. The summed E-state index contributed by atoms with van der Waals surface area (Å²) in [4.78, 5) is 14.4. The summed E-state index contributed by atoms with van der Waals surface area (Å²) < 4.78 is 0. The van der Waals surface area contributed by atoms with Crippen LogP contribution in [-0.2, 0) is 0 Å². The molecule has 0 radical (unpaired) electrons. The van der Waals surface area contributed by atoms with Gasteiger partial charge in [0, 0.05) is 37.5 Å². The van der Waals surface area contributed by atoms with Crippen molar-refractivity contribution in [3.05, 3.63) is 29.3 Å². The van der Waals surface area contributed by atoms with Crippen LogP contribution in [0.25, 0.3) is 0 Å². The van der Waals surface area contributed by atoms with Crippen LogP contribution in [0.15, 0.2) is 18.2 Å². The third-order valence-corrected chi connectivity index (χ3v) is 3.90. The Labute approximate surface area is 120 Å². The van der Waals surface area contributed by atoms with Crippen molar-refractivity contribution in [2.45, 2.75) is 26.7 Å². The second-order valence-corrected chi connectivity index (χ2v) is 5.50. The van der Waals surface area contributed by atoms with Crippen LogP contribution < -0.4 is 5.32 Å². The van der Waals surface area contributed by atoms with Crippen LogP contribution in [0.3, 0.4) is 0 Å². The molecule has 1 atom stereocenters. The first-order valence-electron chi connectivity index (χ1n) is 7.40. The zero-order valence-corrected chi connectivity index (χ0v) is 12.4. The molecule has 1 aromatic rings. The molecule has 0 spiro atoms. The van der Waals surface area contributed by atoms with E-state index in [1.54, 1.807) is 0 Å². The van der Waals surface area contributed by atoms with Crippen LogP contribution in [0, 0.1) is 12.8 Å². The van der Waals surface area contributed by atoms with Gasteiger partial charge in [-0.3, -0.25) is 4.79 Å². The quantitative estimate of drug-likeness (QED) is 0.887. The van der Waals surface area contributed by atoms with E-state index in [1.807, 2.05) is 30.0 Å². The van der Waals surface area contributed by atoms with Crippen molar-refractivity contribution in [2.24, 2.45) is 5.92 Å². The highest BCUT2D eigenvalue weighted by atomic mass is 16.3. The van der Waals surface area contributed by atoms with Crippen LogP contribution in [0.1, 0.15) is 35.7 Å². The maximum Gasteiger partial charge on any atom is 0.253 e. The highest BCUT2D eigenvalue weighted by Gasteiger charge is 2.24. The molecule has 1 aliphatic rings. The zero-order valence-electron chi connectivity index (χ0n) is 12.4. The number of benzene rings is 1. The van der Waals surface area contributed by atoms with Crippen molar-refractivity contribution in [3.63, 3.8) is 0 Å². The summed E-state index contributed by atoms with van der Waals surface area (Å²) in [5, 5.41) is 12.5. The second kappa shape index (κ2) is 6.75. The number of hydrogen-bond donors (Lipinski definition) is 2. The van der Waals surface area contributed by atoms with Gasteiger partial charge < -0.3 is 15.3 Å². The molecule has 4 nitrogen and oxygen atoms in total. The lowest BCUT2D eigenvalue weighted by Gasteiger charge is -2.32. The zero-order chi connectivity index (χ0) is 14.5. The fourth-order valence-corrected chi connectivity index (χ4v) is 2.77. The van der Waals surface area contributed by atoms with Gasteiger partial charge in [0.15, 0.2) is 0 Å². The number of nitrogens with zero attached hydrogens (tertiary/aromatic N) is 1. The van der Waals surface area contributed by atoms with Gasteiger partial charge in [0.05, 0.1) is 0 Å². The molecule has 20 heavy (non-hydrogen) atoms. The molecule has 1 unspecified atom stereocenters. The fourth-order valence-electron chi connectivity index (χ4n) is 2.77. The number of carbonyl (C=O) groups is 1. The van der Waals surface area contributed by atoms with E-state index in [1.165, 1.54) is 0 Å². The lowest BCUT2D eigenvalue weighted by Crippen LogP contribution is -2.40. The number of nitrogens with one attached hydrogen (secondary N) is 1. The maximum absolute atomic E-state index is 12.5. The van der Waals surface area contributed by atoms with Crippen LogP contribution >= 0.6 is 0 Å². The highest BCUT2D eigenvalue weighted by Crippen LogP contribution is 2.21. The fraction of sp³-hybridized carbons (Fsp3) is 0.562. The van der Waals surface area contributed by atoms with Gasteiger partial charge in [-0.05, 0) is 56.4 Å². The van der Waals surface area contributed by atoms with Gasteiger partial charge >= 0.3 is 0 Å². The van der Waals surface area contributed by atoms with E-state index in [-0.39, 0.29) is 18.4 Å². The Balaban J connectivity index is 2.10. The summed E-state index contributed by atoms with van der Waals surface area (Å²) >= 11 is 0. The monoisotopic (exact) mass is 276 g/mol. The molecule has 0 bridgehead atoms. The molecule has 1 aromatic carbocycles. The van der Waals surface area contributed by atoms with Crippen molar-refractivity contribution in [2.75, 3.05) is 31.6 Å². The number of likely N-dealkylation sites (tertiary alicyclic amines) is 1. The summed E-state index contributed by atoms with van der Waals surface area (Å²) in [6.45, 7) is 6.58. The van der Waals surface area contributed by atoms with Gasteiger partial charge in [0.2, 0.25) is 0 Å². The van der Waals surface area contributed by atoms with Crippen molar-refractivity contribution in [1.29, 1.82) is 0 Å². The minimum Gasteiger partial charge on any atom is -0.396 e. The second-order valence-electron chi connectivity index (χ2n) is 5.50. The number of carbonyl (C=O) groups excluding carboxylic acids is 1. The Kier molecular flexibility index (Phi) is 5.01. The molecule has 2 rings (SSSR count). The number of hydrogen-bond acceptors (Lipinski definition) is 3. The molecule has 110 valence electrons. The molecule has 1 fully saturated rings. The normalized spacial score (nSPS) is 18.9. The number of aliphatic hydroxyl groups excluding tert-OH is 1. The van der Waals surface area contributed by atoms with E-state index in [2.05, 4.69) is 12.2 Å². The minimum absolute atomic E-state index is 0.0781. The van der Waals surface area contributed by atoms with Crippen LogP contribution in [0.2, 0.25) is 0 Å². The van der Waals surface area contributed by atoms with Crippen molar-refractivity contribution >= 4 is 11.6 Å². The summed E-state index contributed by atoms with van der Waals surface area (Å²) in [5.41, 5.74) is 2.91. The summed E-state index contributed by atoms with van der Waals surface area (Å²) in [7, 11) is 0. The Bertz CT molecular complexity index is 474. The van der Waals surface area contributed by atoms with Crippen LogP contribution in [0.4, 0.5) is 5.69 Å². The van der Waals surface area contributed by atoms with Gasteiger partial charge in [-0.1, -0.05) is 0 Å². The van der Waals surface area contributed by atoms with E-state index in [9.17, 15) is 9.90 Å². The van der Waals surface area contributed by atoms with Crippen LogP contribution in [-0.4, -0.2) is 42.2 Å². The number of anilines is 1. The highest BCUT2D eigenvalue weighted by molar-refractivity contribution is 5.95. The lowest BCUT2D eigenvalue weighted by molar-refractivity contribution is 0.0620. The van der Waals surface area contributed by atoms with E-state index >= 15 is 0 Å². The number of piperidine rings is 1. The van der Waals surface area contributed by atoms with Crippen molar-refractivity contribution in [1.82, 2.24) is 4.90 Å². The number of rotatable bonds is 4. The predicted octanol–water partition coefficient (Wildman–Crippen LogP) is 2.27. The molecule has 1 saturated heterocycles. The number of amides is 1. The number of aliphatic hydroxyl groups is 1. The van der Waals surface area contributed by atoms with E-state index in [0.717, 1.165) is 42.7 Å². The van der Waals surface area contributed by atoms with E-state index < -0.39 is 0 Å². The van der Waals surface area contributed by atoms with Gasteiger partial charge in [0.25, 0.3) is 5.91 Å². The summed E-state index contributed by atoms with van der Waals surface area (Å²) in [6.07, 6.45) is 1.99. The smallest absolute Gasteiger partial charge is 0.253 e. The number of aryl methyl sites for hydroxylation is 1. The molecule has 0 aromatic heterocycles. The molecule has 1 amide bonds. The maximum atomic E-state index is 12.5. The standard InChI is InChI=1S/C16H24N2O2/c1-3-17-15-7-6-14(9-12(15)2)16(20)18-8-4-5-13(10-18)11-19/h6-7,9,13,17,19H,3-5,8,10-11H2,1-2H3. The Morgan fingerprint density at radius 1 is 1.50 bits per heavy atom. The van der Waals surface area contributed by atoms with E-state index in [0.29, 0.717) is 6.54 Å². The molecule has 1 heterocycles. The molecule has 1 aliphatic heterocycles. The molecular weight excluding hydrogens is 252 g/mol. The summed E-state index contributed by atoms with van der Waals surface area (Å²) in [6, 6.07) is 5.80. The van der Waals surface area contributed by atoms with Gasteiger partial charge in [-0.15, -0.1) is 0 Å². The molecule has 0 saturated carbocycles. The topological polar surface area (TPSA) is 52.6 Å². The third-order valence-electron chi connectivity index (χ3n) is 3.90. The average molecular weight is 276 g/mol. The van der Waals surface area contributed by atoms with E-state index in [4.69, 9.17) is 0 Å². The van der Waals surface area contributed by atoms with Crippen LogP contribution in [0.5, 0.6) is 0 Å². The minimum atomic E-state index is 0.0781. The molecule has 4 heteroatoms. The van der Waals surface area contributed by atoms with Crippen molar-refractivity contribution < 1.29 is 9.90 Å². The van der Waals surface area contributed by atoms with Crippen molar-refractivity contribution in [3.8, 4) is 0 Å². The van der Waals surface area contributed by atoms with Gasteiger partial charge in [-0.2, -0.15) is 0 Å². The third kappa shape index (κ3) is 3.31. The Morgan fingerprint density at radius 2 is 2.30 bits per heavy atom. The Morgan fingerprint density at radius 3 is 2.95 bits per heavy atom.